The van der Waals surface area contributed by atoms with Crippen LogP contribution in [0.5, 0.6) is 5.75 Å². The van der Waals surface area contributed by atoms with E-state index in [1.54, 1.807) is 0 Å². The number of nitrogens with one attached hydrogen (secondary N) is 1. The number of benzene rings is 1. The summed E-state index contributed by atoms with van der Waals surface area (Å²) in [6, 6.07) is 7.07. The van der Waals surface area contributed by atoms with Gasteiger partial charge in [0.05, 0.1) is 6.10 Å². The Morgan fingerprint density at radius 3 is 3.00 bits per heavy atom. The molecule has 1 saturated heterocycles. The Balaban J connectivity index is 1.77. The molecular formula is C18H27NO2. The summed E-state index contributed by atoms with van der Waals surface area (Å²) in [4.78, 5) is 0. The van der Waals surface area contributed by atoms with Gasteiger partial charge in [-0.1, -0.05) is 25.1 Å². The van der Waals surface area contributed by atoms with Crippen LogP contribution in [0.15, 0.2) is 18.2 Å². The van der Waals surface area contributed by atoms with Crippen molar-refractivity contribution < 1.29 is 9.47 Å². The Bertz CT molecular complexity index is 498. The fourth-order valence-corrected chi connectivity index (χ4v) is 3.44. The number of hydrogen-bond donors (Lipinski definition) is 1. The van der Waals surface area contributed by atoms with Gasteiger partial charge in [-0.2, -0.15) is 0 Å². The molecule has 0 aromatic heterocycles. The number of ether oxygens (including phenoxy) is 2. The van der Waals surface area contributed by atoms with Crippen LogP contribution in [0, 0.1) is 0 Å². The van der Waals surface area contributed by atoms with Crippen molar-refractivity contribution in [2.24, 2.45) is 0 Å². The average molecular weight is 289 g/mol. The molecule has 1 fully saturated rings. The minimum absolute atomic E-state index is 0.0903. The molecule has 1 N–H and O–H groups in total. The molecule has 0 bridgehead atoms. The molecule has 116 valence electrons. The topological polar surface area (TPSA) is 30.5 Å². The Morgan fingerprint density at radius 2 is 2.19 bits per heavy atom. The predicted octanol–water partition coefficient (Wildman–Crippen LogP) is 3.62. The van der Waals surface area contributed by atoms with Crippen LogP contribution in [0.25, 0.3) is 0 Å². The molecule has 0 saturated carbocycles. The molecule has 1 aromatic carbocycles. The van der Waals surface area contributed by atoms with Crippen LogP contribution in [-0.4, -0.2) is 24.8 Å². The normalized spacial score (nSPS) is 27.2. The highest BCUT2D eigenvalue weighted by Crippen LogP contribution is 2.42. The standard InChI is InChI=1S/C18H27NO2/c1-4-9-19-14-8-10-20-16(11-14)15-7-5-6-13-12-18(2,3)21-17(13)15/h5-7,14,16,19H,4,8-12H2,1-3H3. The lowest BCUT2D eigenvalue weighted by molar-refractivity contribution is -0.00217. The fraction of sp³-hybridized carbons (Fsp3) is 0.667. The third-order valence-electron chi connectivity index (χ3n) is 4.44. The van der Waals surface area contributed by atoms with Gasteiger partial charge in [0.15, 0.2) is 0 Å². The summed E-state index contributed by atoms with van der Waals surface area (Å²) in [6.45, 7) is 8.45. The summed E-state index contributed by atoms with van der Waals surface area (Å²) in [5.41, 5.74) is 2.47. The first-order valence-electron chi connectivity index (χ1n) is 8.25. The van der Waals surface area contributed by atoms with Crippen molar-refractivity contribution in [2.45, 2.75) is 64.2 Å². The molecule has 3 heteroatoms. The average Bonchev–Trinajstić information content (AvgIpc) is 2.79. The summed E-state index contributed by atoms with van der Waals surface area (Å²) < 4.78 is 12.2. The molecule has 0 amide bonds. The molecule has 0 spiro atoms. The second-order valence-electron chi connectivity index (χ2n) is 6.91. The van der Waals surface area contributed by atoms with Crippen molar-refractivity contribution in [3.8, 4) is 5.75 Å². The lowest BCUT2D eigenvalue weighted by Crippen LogP contribution is -2.36. The molecule has 3 nitrogen and oxygen atoms in total. The maximum atomic E-state index is 6.19. The van der Waals surface area contributed by atoms with Gasteiger partial charge < -0.3 is 14.8 Å². The molecule has 2 unspecified atom stereocenters. The van der Waals surface area contributed by atoms with Gasteiger partial charge >= 0.3 is 0 Å². The predicted molar refractivity (Wildman–Crippen MR) is 84.9 cm³/mol. The van der Waals surface area contributed by atoms with E-state index in [1.165, 1.54) is 17.5 Å². The van der Waals surface area contributed by atoms with Crippen molar-refractivity contribution in [1.29, 1.82) is 0 Å². The van der Waals surface area contributed by atoms with Crippen LogP contribution >= 0.6 is 0 Å². The number of rotatable bonds is 4. The van der Waals surface area contributed by atoms with E-state index >= 15 is 0 Å². The molecule has 1 aromatic rings. The third kappa shape index (κ3) is 3.24. The van der Waals surface area contributed by atoms with E-state index in [-0.39, 0.29) is 11.7 Å². The molecule has 2 aliphatic heterocycles. The van der Waals surface area contributed by atoms with Crippen molar-refractivity contribution in [2.75, 3.05) is 13.2 Å². The van der Waals surface area contributed by atoms with Crippen molar-refractivity contribution in [3.05, 3.63) is 29.3 Å². The fourth-order valence-electron chi connectivity index (χ4n) is 3.44. The van der Waals surface area contributed by atoms with Crippen LogP contribution in [0.2, 0.25) is 0 Å². The Morgan fingerprint density at radius 1 is 1.33 bits per heavy atom. The van der Waals surface area contributed by atoms with E-state index in [2.05, 4.69) is 44.3 Å². The highest BCUT2D eigenvalue weighted by molar-refractivity contribution is 5.47. The molecule has 2 aliphatic rings. The smallest absolute Gasteiger partial charge is 0.129 e. The largest absolute Gasteiger partial charge is 0.487 e. The van der Waals surface area contributed by atoms with E-state index in [0.717, 1.165) is 38.2 Å². The first-order valence-corrected chi connectivity index (χ1v) is 8.25. The van der Waals surface area contributed by atoms with E-state index in [0.29, 0.717) is 6.04 Å². The van der Waals surface area contributed by atoms with Gasteiger partial charge in [-0.05, 0) is 45.2 Å². The highest BCUT2D eigenvalue weighted by atomic mass is 16.5. The Labute approximate surface area is 128 Å². The summed E-state index contributed by atoms with van der Waals surface area (Å²) >= 11 is 0. The van der Waals surface area contributed by atoms with E-state index in [1.807, 2.05) is 0 Å². The number of para-hydroxylation sites is 1. The van der Waals surface area contributed by atoms with Gasteiger partial charge in [0, 0.05) is 24.6 Å². The molecule has 3 rings (SSSR count). The Hall–Kier alpha value is -1.06. The van der Waals surface area contributed by atoms with Gasteiger partial charge in [-0.3, -0.25) is 0 Å². The molecule has 2 heterocycles. The minimum Gasteiger partial charge on any atom is -0.487 e. The van der Waals surface area contributed by atoms with Gasteiger partial charge in [0.1, 0.15) is 11.4 Å². The number of hydrogen-bond acceptors (Lipinski definition) is 3. The Kier molecular flexibility index (Phi) is 4.23. The monoisotopic (exact) mass is 289 g/mol. The molecular weight excluding hydrogens is 262 g/mol. The van der Waals surface area contributed by atoms with Gasteiger partial charge in [0.25, 0.3) is 0 Å². The molecule has 0 radical (unpaired) electrons. The maximum absolute atomic E-state index is 6.19. The van der Waals surface area contributed by atoms with E-state index in [4.69, 9.17) is 9.47 Å². The third-order valence-corrected chi connectivity index (χ3v) is 4.44. The first kappa shape index (κ1) is 14.9. The quantitative estimate of drug-likeness (QED) is 0.918. The zero-order valence-electron chi connectivity index (χ0n) is 13.4. The second kappa shape index (κ2) is 5.98. The van der Waals surface area contributed by atoms with Crippen LogP contribution in [0.1, 0.15) is 57.3 Å². The minimum atomic E-state index is -0.0903. The zero-order chi connectivity index (χ0) is 14.9. The van der Waals surface area contributed by atoms with Crippen molar-refractivity contribution in [1.82, 2.24) is 5.32 Å². The molecule has 0 aliphatic carbocycles. The summed E-state index contributed by atoms with van der Waals surface area (Å²) in [7, 11) is 0. The maximum Gasteiger partial charge on any atom is 0.129 e. The van der Waals surface area contributed by atoms with Crippen LogP contribution < -0.4 is 10.1 Å². The van der Waals surface area contributed by atoms with Crippen LogP contribution in [0.4, 0.5) is 0 Å². The van der Waals surface area contributed by atoms with Gasteiger partial charge in [0.2, 0.25) is 0 Å². The summed E-state index contributed by atoms with van der Waals surface area (Å²) in [5.74, 6) is 1.07. The molecule has 21 heavy (non-hydrogen) atoms. The lowest BCUT2D eigenvalue weighted by Gasteiger charge is -2.31. The number of fused-ring (bicyclic) bond motifs is 1. The lowest BCUT2D eigenvalue weighted by atomic mass is 9.94. The van der Waals surface area contributed by atoms with Crippen molar-refractivity contribution >= 4 is 0 Å². The second-order valence-corrected chi connectivity index (χ2v) is 6.91. The summed E-state index contributed by atoms with van der Waals surface area (Å²) in [6.07, 6.45) is 4.48. The summed E-state index contributed by atoms with van der Waals surface area (Å²) in [5, 5.41) is 3.63. The highest BCUT2D eigenvalue weighted by Gasteiger charge is 2.34. The molecule has 2 atom stereocenters. The van der Waals surface area contributed by atoms with Crippen LogP contribution in [0.3, 0.4) is 0 Å². The SMILES string of the molecule is CCCNC1CCOC(c2cccc3c2OC(C)(C)C3)C1. The van der Waals surface area contributed by atoms with E-state index < -0.39 is 0 Å². The van der Waals surface area contributed by atoms with Crippen LogP contribution in [-0.2, 0) is 11.2 Å². The zero-order valence-corrected chi connectivity index (χ0v) is 13.4. The van der Waals surface area contributed by atoms with E-state index in [9.17, 15) is 0 Å². The first-order chi connectivity index (χ1) is 10.1. The van der Waals surface area contributed by atoms with Gasteiger partial charge in [-0.15, -0.1) is 0 Å². The van der Waals surface area contributed by atoms with Gasteiger partial charge in [-0.25, -0.2) is 0 Å². The van der Waals surface area contributed by atoms with Crippen molar-refractivity contribution in [3.63, 3.8) is 0 Å².